The van der Waals surface area contributed by atoms with Crippen molar-refractivity contribution >= 4 is 33.2 Å². The molecule has 3 aliphatic rings. The van der Waals surface area contributed by atoms with Crippen LogP contribution in [0.2, 0.25) is 5.02 Å². The van der Waals surface area contributed by atoms with Gasteiger partial charge in [0.2, 0.25) is 10.0 Å². The lowest BCUT2D eigenvalue weighted by Gasteiger charge is -2.49. The molecule has 1 amide bonds. The number of anilines is 1. The minimum atomic E-state index is -4.61. The van der Waals surface area contributed by atoms with Gasteiger partial charge in [-0.2, -0.15) is 13.2 Å². The van der Waals surface area contributed by atoms with E-state index in [1.165, 1.54) is 19.1 Å². The lowest BCUT2D eigenvalue weighted by Crippen LogP contribution is -2.54. The van der Waals surface area contributed by atoms with Crippen LogP contribution in [0.4, 0.5) is 18.9 Å². The van der Waals surface area contributed by atoms with Gasteiger partial charge in [0.15, 0.2) is 0 Å². The van der Waals surface area contributed by atoms with E-state index in [1.54, 1.807) is 31.2 Å². The Kier molecular flexibility index (Phi) is 10.8. The molecule has 258 valence electrons. The van der Waals surface area contributed by atoms with Gasteiger partial charge in [0.1, 0.15) is 24.6 Å². The molecule has 2 bridgehead atoms. The van der Waals surface area contributed by atoms with Crippen LogP contribution in [0.25, 0.3) is 0 Å². The third kappa shape index (κ3) is 8.26. The van der Waals surface area contributed by atoms with Gasteiger partial charge in [0.05, 0.1) is 17.5 Å². The second kappa shape index (κ2) is 14.4. The quantitative estimate of drug-likeness (QED) is 0.356. The van der Waals surface area contributed by atoms with Crippen LogP contribution in [-0.4, -0.2) is 62.8 Å². The predicted octanol–water partition coefficient (Wildman–Crippen LogP) is 6.44. The molecule has 5 atom stereocenters. The minimum Gasteiger partial charge on any atom is -0.487 e. The number of carbonyl (C=O) groups excluding carboxylic acids is 1. The van der Waals surface area contributed by atoms with E-state index < -0.39 is 58.0 Å². The van der Waals surface area contributed by atoms with E-state index in [4.69, 9.17) is 21.1 Å². The van der Waals surface area contributed by atoms with Gasteiger partial charge in [0, 0.05) is 23.7 Å². The highest BCUT2D eigenvalue weighted by atomic mass is 35.5. The highest BCUT2D eigenvalue weighted by Crippen LogP contribution is 2.47. The van der Waals surface area contributed by atoms with E-state index in [0.29, 0.717) is 42.4 Å². The van der Waals surface area contributed by atoms with Crippen LogP contribution in [0.5, 0.6) is 5.75 Å². The Hall–Kier alpha value is -2.80. The summed E-state index contributed by atoms with van der Waals surface area (Å²) >= 11 is 6.29. The molecule has 47 heavy (non-hydrogen) atoms. The zero-order chi connectivity index (χ0) is 34.0. The number of aliphatic hydroxyl groups excluding tert-OH is 1. The molecule has 2 aromatic carbocycles. The maximum Gasteiger partial charge on any atom is 0.411 e. The van der Waals surface area contributed by atoms with E-state index in [-0.39, 0.29) is 24.5 Å². The van der Waals surface area contributed by atoms with Crippen LogP contribution >= 0.6 is 11.6 Å². The number of amides is 1. The first-order valence-electron chi connectivity index (χ1n) is 16.1. The fourth-order valence-electron chi connectivity index (χ4n) is 6.76. The molecule has 2 heterocycles. The maximum absolute atomic E-state index is 13.5. The van der Waals surface area contributed by atoms with Crippen LogP contribution in [-0.2, 0) is 27.8 Å². The molecule has 0 saturated heterocycles. The number of benzene rings is 2. The summed E-state index contributed by atoms with van der Waals surface area (Å²) in [6.07, 6.45) is 2.24. The van der Waals surface area contributed by atoms with E-state index >= 15 is 0 Å². The number of sulfonamides is 1. The zero-order valence-electron chi connectivity index (χ0n) is 26.6. The number of aryl methyl sites for hydroxylation is 1. The van der Waals surface area contributed by atoms with Crippen LogP contribution in [0.15, 0.2) is 48.6 Å². The van der Waals surface area contributed by atoms with Gasteiger partial charge in [-0.3, -0.25) is 4.79 Å². The number of nitrogens with zero attached hydrogens (tertiary/aromatic N) is 1. The third-order valence-electron chi connectivity index (χ3n) is 9.92. The summed E-state index contributed by atoms with van der Waals surface area (Å²) in [4.78, 5) is 15.4. The summed E-state index contributed by atoms with van der Waals surface area (Å²) in [5, 5.41) is 10.2. The maximum atomic E-state index is 13.5. The second-order valence-electron chi connectivity index (χ2n) is 13.0. The number of halogens is 4. The Balaban J connectivity index is 1.58. The molecule has 2 N–H and O–H groups in total. The predicted molar refractivity (Wildman–Crippen MR) is 174 cm³/mol. The topological polar surface area (TPSA) is 105 Å². The first-order valence-corrected chi connectivity index (χ1v) is 18.0. The number of carbonyl (C=O) groups is 1. The molecule has 0 aromatic heterocycles. The van der Waals surface area contributed by atoms with Gasteiger partial charge in [-0.05, 0) is 105 Å². The number of rotatable bonds is 3. The van der Waals surface area contributed by atoms with Crippen LogP contribution < -0.4 is 14.4 Å². The van der Waals surface area contributed by atoms with E-state index in [0.717, 1.165) is 30.4 Å². The highest BCUT2D eigenvalue weighted by Gasteiger charge is 2.49. The molecule has 2 aromatic rings. The van der Waals surface area contributed by atoms with Crippen molar-refractivity contribution in [3.63, 3.8) is 0 Å². The number of alkyl halides is 3. The summed E-state index contributed by atoms with van der Waals surface area (Å²) < 4.78 is 81.0. The van der Waals surface area contributed by atoms with E-state index in [1.807, 2.05) is 12.1 Å². The zero-order valence-corrected chi connectivity index (χ0v) is 28.1. The third-order valence-corrected chi connectivity index (χ3v) is 12.1. The molecule has 13 heteroatoms. The van der Waals surface area contributed by atoms with Crippen molar-refractivity contribution in [3.8, 4) is 5.75 Å². The van der Waals surface area contributed by atoms with Crippen molar-refractivity contribution < 1.29 is 41.0 Å². The standard InChI is InChI=1S/C34H42ClF3N2O6S/c1-22-6-5-14-33(20-41,46-21-34(36,37)38)29-12-9-26(29)18-40-15-4-3-7-24-16-28(35)11-8-27(24)19-45-31-13-10-25(17-30(31)40)32(42)39-47(43,44)23(22)2/h5,8,10-11,13-14,16-17,22-23,26,29,41H,3-4,6-7,9,12,15,18-21H2,1-2H3,(H,39,42)/b14-5+/t22-,23+,26-,29+,33-/m0/s1. The number of fused-ring (bicyclic) bond motifs is 3. The normalized spacial score (nSPS) is 29.2. The smallest absolute Gasteiger partial charge is 0.411 e. The molecular formula is C34H42ClF3N2O6S. The molecule has 1 aliphatic carbocycles. The summed E-state index contributed by atoms with van der Waals surface area (Å²) in [5.41, 5.74) is 1.15. The molecule has 8 nitrogen and oxygen atoms in total. The Morgan fingerprint density at radius 3 is 2.62 bits per heavy atom. The average Bonchev–Trinajstić information content (AvgIpc) is 3.03. The lowest BCUT2D eigenvalue weighted by molar-refractivity contribution is -0.221. The number of aliphatic hydroxyl groups is 1. The number of allylic oxidation sites excluding steroid dienone is 1. The fraction of sp³-hybridized carbons (Fsp3) is 0.559. The second-order valence-corrected chi connectivity index (χ2v) is 15.5. The van der Waals surface area contributed by atoms with Gasteiger partial charge >= 0.3 is 6.18 Å². The Bertz CT molecular complexity index is 1590. The van der Waals surface area contributed by atoms with Crippen LogP contribution in [0.3, 0.4) is 0 Å². The van der Waals surface area contributed by atoms with Gasteiger partial charge in [-0.25, -0.2) is 13.1 Å². The first kappa shape index (κ1) is 35.5. The largest absolute Gasteiger partial charge is 0.487 e. The molecule has 2 aliphatic heterocycles. The van der Waals surface area contributed by atoms with Crippen molar-refractivity contribution in [3.05, 3.63) is 70.3 Å². The Morgan fingerprint density at radius 2 is 1.91 bits per heavy atom. The monoisotopic (exact) mass is 698 g/mol. The van der Waals surface area contributed by atoms with E-state index in [2.05, 4.69) is 9.62 Å². The number of hydrogen-bond donors (Lipinski definition) is 2. The Morgan fingerprint density at radius 1 is 1.13 bits per heavy atom. The number of ether oxygens (including phenoxy) is 2. The number of nitrogens with one attached hydrogen (secondary N) is 1. The lowest BCUT2D eigenvalue weighted by atomic mass is 9.64. The molecule has 1 saturated carbocycles. The first-order chi connectivity index (χ1) is 22.2. The molecule has 0 unspecified atom stereocenters. The van der Waals surface area contributed by atoms with Crippen LogP contribution in [0, 0.1) is 17.8 Å². The minimum absolute atomic E-state index is 0.137. The summed E-state index contributed by atoms with van der Waals surface area (Å²) in [6.45, 7) is 2.16. The van der Waals surface area contributed by atoms with Gasteiger partial charge < -0.3 is 19.5 Å². The van der Waals surface area contributed by atoms with Crippen molar-refractivity contribution in [1.82, 2.24) is 4.72 Å². The summed E-state index contributed by atoms with van der Waals surface area (Å²) in [7, 11) is -4.13. The summed E-state index contributed by atoms with van der Waals surface area (Å²) in [5.74, 6) is -1.36. The SMILES string of the molecule is C[C@@H]1[C@@H](C)C/C=C/[C@@](CO)(OCC(F)(F)F)[C@@H]2CC[C@H]2CN2CCCCc3cc(Cl)ccc3COc3ccc(cc32)C(=O)NS1(=O)=O. The van der Waals surface area contributed by atoms with Gasteiger partial charge in [0.25, 0.3) is 5.91 Å². The Labute approximate surface area is 279 Å². The van der Waals surface area contributed by atoms with Crippen molar-refractivity contribution in [2.45, 2.75) is 76.0 Å². The van der Waals surface area contributed by atoms with Crippen molar-refractivity contribution in [1.29, 1.82) is 0 Å². The fourth-order valence-corrected chi connectivity index (χ4v) is 8.24. The van der Waals surface area contributed by atoms with Crippen molar-refractivity contribution in [2.24, 2.45) is 17.8 Å². The highest BCUT2D eigenvalue weighted by molar-refractivity contribution is 7.90. The van der Waals surface area contributed by atoms with Crippen LogP contribution in [0.1, 0.15) is 67.4 Å². The van der Waals surface area contributed by atoms with E-state index in [9.17, 15) is 31.5 Å². The van der Waals surface area contributed by atoms with Crippen molar-refractivity contribution in [2.75, 3.05) is 31.2 Å². The van der Waals surface area contributed by atoms with Gasteiger partial charge in [-0.15, -0.1) is 0 Å². The molecule has 5 rings (SSSR count). The van der Waals surface area contributed by atoms with Gasteiger partial charge in [-0.1, -0.05) is 36.7 Å². The average molecular weight is 699 g/mol. The molecular weight excluding hydrogens is 657 g/mol. The number of hydrogen-bond acceptors (Lipinski definition) is 7. The molecule has 0 spiro atoms. The summed E-state index contributed by atoms with van der Waals surface area (Å²) in [6, 6.07) is 10.5. The molecule has 0 radical (unpaired) electrons. The molecule has 1 fully saturated rings.